The van der Waals surface area contributed by atoms with Gasteiger partial charge in [-0.3, -0.25) is 4.79 Å². The van der Waals surface area contributed by atoms with Crippen molar-refractivity contribution in [1.29, 1.82) is 5.26 Å². The molecule has 1 unspecified atom stereocenters. The zero-order valence-electron chi connectivity index (χ0n) is 12.7. The van der Waals surface area contributed by atoms with Crippen molar-refractivity contribution >= 4 is 29.3 Å². The number of nitrogens with one attached hydrogen (secondary N) is 2. The molecule has 0 aliphatic rings. The van der Waals surface area contributed by atoms with Crippen LogP contribution in [0.3, 0.4) is 0 Å². The summed E-state index contributed by atoms with van der Waals surface area (Å²) in [6, 6.07) is 3.10. The molecule has 1 amide bonds. The zero-order valence-corrected chi connectivity index (χ0v) is 13.5. The van der Waals surface area contributed by atoms with Gasteiger partial charge in [0.25, 0.3) is 5.91 Å². The van der Waals surface area contributed by atoms with Crippen LogP contribution in [0.2, 0.25) is 0 Å². The van der Waals surface area contributed by atoms with Crippen molar-refractivity contribution in [2.45, 2.75) is 12.5 Å². The molecule has 0 fully saturated rings. The van der Waals surface area contributed by atoms with Crippen molar-refractivity contribution in [1.82, 2.24) is 5.32 Å². The van der Waals surface area contributed by atoms with E-state index in [0.29, 0.717) is 5.75 Å². The monoisotopic (exact) mass is 355 g/mol. The van der Waals surface area contributed by atoms with Crippen molar-refractivity contribution in [2.75, 3.05) is 17.3 Å². The SMILES string of the molecule is CSCCC(NC(=O)/C(C#N)=C\Nc1cc(F)ccc1F)C(=O)O. The van der Waals surface area contributed by atoms with Crippen LogP contribution in [0.5, 0.6) is 0 Å². The first kappa shape index (κ1) is 19.4. The molecule has 1 aromatic carbocycles. The van der Waals surface area contributed by atoms with Gasteiger partial charge in [-0.2, -0.15) is 17.0 Å². The van der Waals surface area contributed by atoms with E-state index in [-0.39, 0.29) is 12.1 Å². The van der Waals surface area contributed by atoms with Gasteiger partial charge in [-0.05, 0) is 30.6 Å². The lowest BCUT2D eigenvalue weighted by Gasteiger charge is -2.13. The third-order valence-corrected chi connectivity index (χ3v) is 3.52. The molecule has 1 atom stereocenters. The first-order valence-electron chi connectivity index (χ1n) is 6.73. The molecule has 0 aliphatic heterocycles. The molecule has 0 aliphatic carbocycles. The number of thioether (sulfide) groups is 1. The number of nitrogens with zero attached hydrogens (tertiary/aromatic N) is 1. The standard InChI is InChI=1S/C15H15F2N3O3S/c1-24-5-4-12(15(22)23)20-14(21)9(7-18)8-19-13-6-10(16)2-3-11(13)17/h2-3,6,8,12,19H,4-5H2,1H3,(H,20,21)(H,22,23)/b9-8-. The third kappa shape index (κ3) is 5.89. The summed E-state index contributed by atoms with van der Waals surface area (Å²) >= 11 is 1.42. The smallest absolute Gasteiger partial charge is 0.326 e. The number of anilines is 1. The molecule has 9 heteroatoms. The second-order valence-electron chi connectivity index (χ2n) is 4.58. The summed E-state index contributed by atoms with van der Waals surface area (Å²) in [7, 11) is 0. The van der Waals surface area contributed by atoms with Gasteiger partial charge >= 0.3 is 5.97 Å². The van der Waals surface area contributed by atoms with Gasteiger partial charge < -0.3 is 15.7 Å². The van der Waals surface area contributed by atoms with E-state index in [4.69, 9.17) is 10.4 Å². The topological polar surface area (TPSA) is 102 Å². The lowest BCUT2D eigenvalue weighted by atomic mass is 10.2. The molecule has 1 aromatic rings. The minimum atomic E-state index is -1.22. The Balaban J connectivity index is 2.83. The molecule has 128 valence electrons. The molecule has 0 heterocycles. The van der Waals surface area contributed by atoms with Crippen LogP contribution in [0.1, 0.15) is 6.42 Å². The number of rotatable bonds is 8. The average Bonchev–Trinajstić information content (AvgIpc) is 2.54. The first-order chi connectivity index (χ1) is 11.4. The van der Waals surface area contributed by atoms with E-state index >= 15 is 0 Å². The number of nitriles is 1. The Morgan fingerprint density at radius 1 is 1.46 bits per heavy atom. The molecule has 0 spiro atoms. The zero-order chi connectivity index (χ0) is 18.1. The van der Waals surface area contributed by atoms with Crippen molar-refractivity contribution in [3.63, 3.8) is 0 Å². The van der Waals surface area contributed by atoms with Gasteiger partial charge in [0.15, 0.2) is 0 Å². The summed E-state index contributed by atoms with van der Waals surface area (Å²) in [5.74, 6) is -3.10. The number of carboxylic acids is 1. The molecule has 0 aromatic heterocycles. The maximum absolute atomic E-state index is 13.5. The van der Waals surface area contributed by atoms with Gasteiger partial charge in [0.2, 0.25) is 0 Å². The number of amides is 1. The molecule has 3 N–H and O–H groups in total. The van der Waals surface area contributed by atoms with Crippen LogP contribution in [-0.2, 0) is 9.59 Å². The van der Waals surface area contributed by atoms with E-state index in [2.05, 4.69) is 10.6 Å². The predicted molar refractivity (Wildman–Crippen MR) is 86.2 cm³/mol. The Morgan fingerprint density at radius 3 is 2.75 bits per heavy atom. The van der Waals surface area contributed by atoms with Gasteiger partial charge in [-0.1, -0.05) is 0 Å². The van der Waals surface area contributed by atoms with E-state index in [9.17, 15) is 18.4 Å². The van der Waals surface area contributed by atoms with E-state index in [1.54, 1.807) is 12.3 Å². The van der Waals surface area contributed by atoms with Crippen molar-refractivity contribution in [3.8, 4) is 6.07 Å². The van der Waals surface area contributed by atoms with Gasteiger partial charge in [0.1, 0.15) is 29.3 Å². The number of halogens is 2. The summed E-state index contributed by atoms with van der Waals surface area (Å²) in [5.41, 5.74) is -0.721. The Morgan fingerprint density at radius 2 is 2.17 bits per heavy atom. The van der Waals surface area contributed by atoms with E-state index in [1.165, 1.54) is 11.8 Å². The number of aliphatic carboxylic acids is 1. The number of hydrogen-bond acceptors (Lipinski definition) is 5. The Labute approximate surface area is 141 Å². The van der Waals surface area contributed by atoms with Crippen LogP contribution in [0, 0.1) is 23.0 Å². The quantitative estimate of drug-likeness (QED) is 0.488. The maximum atomic E-state index is 13.5. The van der Waals surface area contributed by atoms with Gasteiger partial charge in [0, 0.05) is 12.3 Å². The van der Waals surface area contributed by atoms with E-state index in [0.717, 1.165) is 24.4 Å². The predicted octanol–water partition coefficient (Wildman–Crippen LogP) is 2.11. The Hall–Kier alpha value is -2.60. The average molecular weight is 355 g/mol. The second kappa shape index (κ2) is 9.52. The molecular formula is C15H15F2N3O3S. The number of carbonyl (C=O) groups is 2. The highest BCUT2D eigenvalue weighted by atomic mass is 32.2. The first-order valence-corrected chi connectivity index (χ1v) is 8.13. The Bertz CT molecular complexity index is 689. The summed E-state index contributed by atoms with van der Waals surface area (Å²) in [6.45, 7) is 0. The van der Waals surface area contributed by atoms with Gasteiger partial charge in [0.05, 0.1) is 5.69 Å². The second-order valence-corrected chi connectivity index (χ2v) is 5.57. The largest absolute Gasteiger partial charge is 0.480 e. The molecule has 0 saturated carbocycles. The molecule has 1 rings (SSSR count). The summed E-state index contributed by atoms with van der Waals surface area (Å²) in [5, 5.41) is 22.6. The molecular weight excluding hydrogens is 340 g/mol. The van der Waals surface area contributed by atoms with Crippen molar-refractivity contribution in [3.05, 3.63) is 41.6 Å². The molecule has 0 radical (unpaired) electrons. The van der Waals surface area contributed by atoms with Crippen LogP contribution in [0.25, 0.3) is 0 Å². The third-order valence-electron chi connectivity index (χ3n) is 2.88. The van der Waals surface area contributed by atoms with Crippen LogP contribution < -0.4 is 10.6 Å². The number of benzene rings is 1. The number of hydrogen-bond donors (Lipinski definition) is 3. The lowest BCUT2D eigenvalue weighted by molar-refractivity contribution is -0.141. The summed E-state index contributed by atoms with van der Waals surface area (Å²) in [6.07, 6.45) is 2.87. The summed E-state index contributed by atoms with van der Waals surface area (Å²) in [4.78, 5) is 23.0. The molecule has 0 bridgehead atoms. The molecule has 24 heavy (non-hydrogen) atoms. The highest BCUT2D eigenvalue weighted by molar-refractivity contribution is 7.98. The van der Waals surface area contributed by atoms with Crippen molar-refractivity contribution < 1.29 is 23.5 Å². The lowest BCUT2D eigenvalue weighted by Crippen LogP contribution is -2.41. The van der Waals surface area contributed by atoms with Crippen LogP contribution in [-0.4, -0.2) is 35.0 Å². The highest BCUT2D eigenvalue weighted by Gasteiger charge is 2.21. The normalized spacial score (nSPS) is 12.2. The van der Waals surface area contributed by atoms with Crippen LogP contribution in [0.4, 0.5) is 14.5 Å². The fourth-order valence-electron chi connectivity index (χ4n) is 1.64. The molecule has 0 saturated heterocycles. The number of carboxylic acid groups (broad SMARTS) is 1. The highest BCUT2D eigenvalue weighted by Crippen LogP contribution is 2.15. The van der Waals surface area contributed by atoms with Crippen molar-refractivity contribution in [2.24, 2.45) is 0 Å². The van der Waals surface area contributed by atoms with E-state index < -0.39 is 35.1 Å². The minimum Gasteiger partial charge on any atom is -0.480 e. The fraction of sp³-hybridized carbons (Fsp3) is 0.267. The van der Waals surface area contributed by atoms with Gasteiger partial charge in [-0.15, -0.1) is 0 Å². The maximum Gasteiger partial charge on any atom is 0.326 e. The van der Waals surface area contributed by atoms with E-state index in [1.807, 2.05) is 0 Å². The summed E-state index contributed by atoms with van der Waals surface area (Å²) < 4.78 is 26.5. The minimum absolute atomic E-state index is 0.187. The van der Waals surface area contributed by atoms with Gasteiger partial charge in [-0.25, -0.2) is 13.6 Å². The Kier molecular flexibility index (Phi) is 7.71. The van der Waals surface area contributed by atoms with Crippen LogP contribution in [0.15, 0.2) is 30.0 Å². The molecule has 6 nitrogen and oxygen atoms in total. The number of carbonyl (C=O) groups excluding carboxylic acids is 1. The fourth-order valence-corrected chi connectivity index (χ4v) is 2.11. The van der Waals surface area contributed by atoms with Crippen LogP contribution >= 0.6 is 11.8 Å².